The SMILES string of the molecule is CCN(C(=O)CN1CCNCC1=O)C1CC1. The third-order valence-corrected chi connectivity index (χ3v) is 3.16. The van der Waals surface area contributed by atoms with Crippen molar-refractivity contribution in [3.8, 4) is 0 Å². The zero-order chi connectivity index (χ0) is 11.5. The Morgan fingerprint density at radius 3 is 2.88 bits per heavy atom. The molecule has 5 heteroatoms. The van der Waals surface area contributed by atoms with E-state index in [-0.39, 0.29) is 18.4 Å². The van der Waals surface area contributed by atoms with Gasteiger partial charge in [0.05, 0.1) is 13.1 Å². The van der Waals surface area contributed by atoms with Crippen molar-refractivity contribution in [3.63, 3.8) is 0 Å². The molecule has 1 aliphatic carbocycles. The van der Waals surface area contributed by atoms with Crippen molar-refractivity contribution in [2.75, 3.05) is 32.7 Å². The zero-order valence-electron chi connectivity index (χ0n) is 9.74. The first-order valence-electron chi connectivity index (χ1n) is 6.00. The van der Waals surface area contributed by atoms with Gasteiger partial charge in [0, 0.05) is 25.7 Å². The first-order chi connectivity index (χ1) is 7.72. The maximum Gasteiger partial charge on any atom is 0.242 e. The Bertz CT molecular complexity index is 289. The lowest BCUT2D eigenvalue weighted by atomic mass is 10.3. The molecule has 0 spiro atoms. The molecule has 1 saturated heterocycles. The Balaban J connectivity index is 1.87. The number of hydrogen-bond acceptors (Lipinski definition) is 3. The molecule has 16 heavy (non-hydrogen) atoms. The number of rotatable bonds is 4. The van der Waals surface area contributed by atoms with Crippen molar-refractivity contribution < 1.29 is 9.59 Å². The molecular formula is C11H19N3O2. The van der Waals surface area contributed by atoms with Crippen molar-refractivity contribution in [2.45, 2.75) is 25.8 Å². The molecule has 0 aromatic carbocycles. The second-order valence-corrected chi connectivity index (χ2v) is 4.40. The maximum absolute atomic E-state index is 12.0. The lowest BCUT2D eigenvalue weighted by Gasteiger charge is -2.29. The minimum atomic E-state index is 0.0338. The number of likely N-dealkylation sites (N-methyl/N-ethyl adjacent to an activating group) is 1. The molecule has 0 bridgehead atoms. The summed E-state index contributed by atoms with van der Waals surface area (Å²) in [5.41, 5.74) is 0. The number of amides is 2. The number of hydrogen-bond donors (Lipinski definition) is 1. The fourth-order valence-corrected chi connectivity index (χ4v) is 2.09. The second-order valence-electron chi connectivity index (χ2n) is 4.40. The second kappa shape index (κ2) is 4.82. The van der Waals surface area contributed by atoms with Gasteiger partial charge >= 0.3 is 0 Å². The van der Waals surface area contributed by atoms with E-state index >= 15 is 0 Å². The molecule has 90 valence electrons. The fraction of sp³-hybridized carbons (Fsp3) is 0.818. The lowest BCUT2D eigenvalue weighted by Crippen LogP contribution is -2.52. The predicted octanol–water partition coefficient (Wildman–Crippen LogP) is -0.571. The van der Waals surface area contributed by atoms with Crippen LogP contribution in [0.4, 0.5) is 0 Å². The van der Waals surface area contributed by atoms with Crippen molar-refractivity contribution in [1.82, 2.24) is 15.1 Å². The summed E-state index contributed by atoms with van der Waals surface area (Å²) in [6.45, 7) is 4.80. The van der Waals surface area contributed by atoms with E-state index in [1.54, 1.807) is 4.90 Å². The summed E-state index contributed by atoms with van der Waals surface area (Å²) >= 11 is 0. The van der Waals surface area contributed by atoms with Gasteiger partial charge < -0.3 is 15.1 Å². The summed E-state index contributed by atoms with van der Waals surface area (Å²) in [7, 11) is 0. The molecule has 2 fully saturated rings. The van der Waals surface area contributed by atoms with Crippen LogP contribution in [-0.4, -0.2) is 60.4 Å². The highest BCUT2D eigenvalue weighted by atomic mass is 16.2. The predicted molar refractivity (Wildman–Crippen MR) is 59.9 cm³/mol. The van der Waals surface area contributed by atoms with E-state index in [1.807, 2.05) is 11.8 Å². The summed E-state index contributed by atoms with van der Waals surface area (Å²) in [5.74, 6) is 0.131. The molecule has 0 aromatic heterocycles. The average molecular weight is 225 g/mol. The van der Waals surface area contributed by atoms with Crippen LogP contribution in [0.1, 0.15) is 19.8 Å². The molecule has 2 rings (SSSR count). The van der Waals surface area contributed by atoms with Crippen LogP contribution in [-0.2, 0) is 9.59 Å². The molecule has 2 amide bonds. The molecule has 0 unspecified atom stereocenters. The van der Waals surface area contributed by atoms with Crippen LogP contribution in [0.25, 0.3) is 0 Å². The van der Waals surface area contributed by atoms with Crippen molar-refractivity contribution in [3.05, 3.63) is 0 Å². The van der Waals surface area contributed by atoms with Gasteiger partial charge in [0.2, 0.25) is 11.8 Å². The van der Waals surface area contributed by atoms with Gasteiger partial charge in [0.15, 0.2) is 0 Å². The van der Waals surface area contributed by atoms with E-state index in [4.69, 9.17) is 0 Å². The van der Waals surface area contributed by atoms with Crippen molar-refractivity contribution in [2.24, 2.45) is 0 Å². The number of nitrogens with one attached hydrogen (secondary N) is 1. The van der Waals surface area contributed by atoms with Gasteiger partial charge in [-0.1, -0.05) is 0 Å². The monoisotopic (exact) mass is 225 g/mol. The Labute approximate surface area is 95.8 Å². The molecule has 1 heterocycles. The van der Waals surface area contributed by atoms with Crippen LogP contribution in [0.3, 0.4) is 0 Å². The molecule has 0 atom stereocenters. The normalized spacial score (nSPS) is 21.1. The minimum absolute atomic E-state index is 0.0338. The van der Waals surface area contributed by atoms with Crippen molar-refractivity contribution >= 4 is 11.8 Å². The highest BCUT2D eigenvalue weighted by Gasteiger charge is 2.32. The van der Waals surface area contributed by atoms with Gasteiger partial charge in [-0.15, -0.1) is 0 Å². The van der Waals surface area contributed by atoms with Crippen LogP contribution >= 0.6 is 0 Å². The minimum Gasteiger partial charge on any atom is -0.338 e. The summed E-state index contributed by atoms with van der Waals surface area (Å²) in [4.78, 5) is 27.1. The van der Waals surface area contributed by atoms with Gasteiger partial charge in [-0.25, -0.2) is 0 Å². The van der Waals surface area contributed by atoms with Gasteiger partial charge in [-0.2, -0.15) is 0 Å². The molecule has 1 N–H and O–H groups in total. The lowest BCUT2D eigenvalue weighted by molar-refractivity contribution is -0.141. The number of carbonyl (C=O) groups is 2. The fourth-order valence-electron chi connectivity index (χ4n) is 2.09. The number of piperazine rings is 1. The van der Waals surface area contributed by atoms with Crippen LogP contribution in [0.15, 0.2) is 0 Å². The van der Waals surface area contributed by atoms with Crippen molar-refractivity contribution in [1.29, 1.82) is 0 Å². The van der Waals surface area contributed by atoms with E-state index in [1.165, 1.54) is 0 Å². The first kappa shape index (κ1) is 11.4. The summed E-state index contributed by atoms with van der Waals surface area (Å²) < 4.78 is 0. The summed E-state index contributed by atoms with van der Waals surface area (Å²) in [6.07, 6.45) is 2.24. The highest BCUT2D eigenvalue weighted by molar-refractivity contribution is 5.86. The number of carbonyl (C=O) groups excluding carboxylic acids is 2. The Morgan fingerprint density at radius 1 is 1.56 bits per heavy atom. The standard InChI is InChI=1S/C11H19N3O2/c1-2-14(9-3-4-9)11(16)8-13-6-5-12-7-10(13)15/h9,12H,2-8H2,1H3. The van der Waals surface area contributed by atoms with Crippen LogP contribution in [0.5, 0.6) is 0 Å². The Kier molecular flexibility index (Phi) is 3.43. The Morgan fingerprint density at radius 2 is 2.31 bits per heavy atom. The highest BCUT2D eigenvalue weighted by Crippen LogP contribution is 2.26. The van der Waals surface area contributed by atoms with Gasteiger partial charge in [-0.3, -0.25) is 9.59 Å². The molecule has 5 nitrogen and oxygen atoms in total. The van der Waals surface area contributed by atoms with Gasteiger partial charge in [0.1, 0.15) is 0 Å². The molecule has 0 aromatic rings. The quantitative estimate of drug-likeness (QED) is 0.697. The molecular weight excluding hydrogens is 206 g/mol. The first-order valence-corrected chi connectivity index (χ1v) is 6.00. The molecule has 1 saturated carbocycles. The topological polar surface area (TPSA) is 52.7 Å². The summed E-state index contributed by atoms with van der Waals surface area (Å²) in [5, 5.41) is 3.00. The third kappa shape index (κ3) is 2.52. The average Bonchev–Trinajstić information content (AvgIpc) is 3.07. The molecule has 1 aliphatic heterocycles. The van der Waals surface area contributed by atoms with Gasteiger partial charge in [-0.05, 0) is 19.8 Å². The largest absolute Gasteiger partial charge is 0.338 e. The van der Waals surface area contributed by atoms with E-state index in [0.717, 1.165) is 25.9 Å². The third-order valence-electron chi connectivity index (χ3n) is 3.16. The van der Waals surface area contributed by atoms with Crippen LogP contribution < -0.4 is 5.32 Å². The van der Waals surface area contributed by atoms with Gasteiger partial charge in [0.25, 0.3) is 0 Å². The van der Waals surface area contributed by atoms with E-state index in [2.05, 4.69) is 5.32 Å². The Hall–Kier alpha value is -1.10. The molecule has 2 aliphatic rings. The molecule has 0 radical (unpaired) electrons. The van der Waals surface area contributed by atoms with E-state index < -0.39 is 0 Å². The maximum atomic E-state index is 12.0. The smallest absolute Gasteiger partial charge is 0.242 e. The van der Waals surface area contributed by atoms with E-state index in [9.17, 15) is 9.59 Å². The zero-order valence-corrected chi connectivity index (χ0v) is 9.74. The number of nitrogens with zero attached hydrogens (tertiary/aromatic N) is 2. The summed E-state index contributed by atoms with van der Waals surface area (Å²) in [6, 6.07) is 0.440. The van der Waals surface area contributed by atoms with Crippen LogP contribution in [0.2, 0.25) is 0 Å². The van der Waals surface area contributed by atoms with E-state index in [0.29, 0.717) is 19.1 Å². The van der Waals surface area contributed by atoms with Crippen LogP contribution in [0, 0.1) is 0 Å².